The topological polar surface area (TPSA) is 84.5 Å². The molecule has 0 aliphatic rings. The number of amides is 2. The largest absolute Gasteiger partial charge is 0.452 e. The third-order valence-electron chi connectivity index (χ3n) is 2.38. The minimum atomic E-state index is -2.68. The fourth-order valence-electron chi connectivity index (χ4n) is 1.36. The Morgan fingerprint density at radius 3 is 2.55 bits per heavy atom. The Hall–Kier alpha value is -2.16. The van der Waals surface area contributed by atoms with E-state index in [1.54, 1.807) is 0 Å². The number of alkyl halides is 2. The van der Waals surface area contributed by atoms with Gasteiger partial charge in [0.2, 0.25) is 5.91 Å². The zero-order valence-corrected chi connectivity index (χ0v) is 12.4. The van der Waals surface area contributed by atoms with Crippen LogP contribution < -0.4 is 10.6 Å². The average Bonchev–Trinajstić information content (AvgIpc) is 2.50. The Labute approximate surface area is 129 Å². The molecule has 22 heavy (non-hydrogen) atoms. The number of nitrogens with one attached hydrogen (secondary N) is 2. The standard InChI is InChI=1S/C13H14F2N2O4S/c1-16-10(18)6-17-11(19)7-21-12(20)8-4-2-3-5-9(8)22-13(14)15/h2-5,13H,6-7H2,1H3,(H,16,18)(H,17,19). The van der Waals surface area contributed by atoms with Crippen LogP contribution in [0.3, 0.4) is 0 Å². The summed E-state index contributed by atoms with van der Waals surface area (Å²) in [5, 5.41) is 4.54. The Kier molecular flexibility index (Phi) is 7.30. The number of halogens is 2. The quantitative estimate of drug-likeness (QED) is 0.575. The first-order valence-electron chi connectivity index (χ1n) is 6.12. The smallest absolute Gasteiger partial charge is 0.339 e. The predicted molar refractivity (Wildman–Crippen MR) is 75.7 cm³/mol. The van der Waals surface area contributed by atoms with E-state index in [4.69, 9.17) is 4.74 Å². The molecule has 2 amide bonds. The molecule has 0 saturated carbocycles. The van der Waals surface area contributed by atoms with Gasteiger partial charge < -0.3 is 15.4 Å². The molecule has 0 radical (unpaired) electrons. The molecule has 0 aromatic heterocycles. The number of likely N-dealkylation sites (N-methyl/N-ethyl adjacent to an activating group) is 1. The molecule has 1 aromatic rings. The summed E-state index contributed by atoms with van der Waals surface area (Å²) in [5.74, 6) is -4.64. The molecule has 0 fully saturated rings. The highest BCUT2D eigenvalue weighted by molar-refractivity contribution is 7.99. The summed E-state index contributed by atoms with van der Waals surface area (Å²) in [5.41, 5.74) is -0.0492. The number of rotatable bonds is 7. The second-order valence-corrected chi connectivity index (χ2v) is 4.93. The van der Waals surface area contributed by atoms with Gasteiger partial charge in [0.05, 0.1) is 12.1 Å². The molecule has 0 spiro atoms. The second kappa shape index (κ2) is 8.98. The number of hydrogen-bond acceptors (Lipinski definition) is 5. The number of thioether (sulfide) groups is 1. The molecule has 120 valence electrons. The maximum Gasteiger partial charge on any atom is 0.339 e. The van der Waals surface area contributed by atoms with Crippen LogP contribution in [0.15, 0.2) is 29.2 Å². The summed E-state index contributed by atoms with van der Waals surface area (Å²) in [6.45, 7) is -0.853. The highest BCUT2D eigenvalue weighted by atomic mass is 32.2. The van der Waals surface area contributed by atoms with Gasteiger partial charge in [0.15, 0.2) is 6.61 Å². The first kappa shape index (κ1) is 17.9. The van der Waals surface area contributed by atoms with Crippen molar-refractivity contribution in [1.29, 1.82) is 0 Å². The van der Waals surface area contributed by atoms with E-state index < -0.39 is 30.1 Å². The predicted octanol–water partition coefficient (Wildman–Crippen LogP) is 1.02. The number of hydrogen-bond donors (Lipinski definition) is 2. The lowest BCUT2D eigenvalue weighted by atomic mass is 10.2. The summed E-state index contributed by atoms with van der Waals surface area (Å²) < 4.78 is 29.5. The zero-order chi connectivity index (χ0) is 16.5. The summed E-state index contributed by atoms with van der Waals surface area (Å²) in [6.07, 6.45) is 0. The van der Waals surface area contributed by atoms with Crippen molar-refractivity contribution >= 4 is 29.5 Å². The molecule has 0 bridgehead atoms. The van der Waals surface area contributed by atoms with Crippen LogP contribution in [0.1, 0.15) is 10.4 Å². The third kappa shape index (κ3) is 6.08. The summed E-state index contributed by atoms with van der Waals surface area (Å²) in [4.78, 5) is 34.2. The molecule has 2 N–H and O–H groups in total. The van der Waals surface area contributed by atoms with Gasteiger partial charge in [-0.3, -0.25) is 9.59 Å². The number of ether oxygens (including phenoxy) is 1. The van der Waals surface area contributed by atoms with Gasteiger partial charge in [-0.2, -0.15) is 8.78 Å². The first-order valence-corrected chi connectivity index (χ1v) is 7.00. The van der Waals surface area contributed by atoms with E-state index in [-0.39, 0.29) is 28.8 Å². The monoisotopic (exact) mass is 332 g/mol. The highest BCUT2D eigenvalue weighted by Gasteiger charge is 2.17. The van der Waals surface area contributed by atoms with Gasteiger partial charge in [0.25, 0.3) is 11.7 Å². The molecule has 1 rings (SSSR count). The lowest BCUT2D eigenvalue weighted by Crippen LogP contribution is -2.37. The number of benzene rings is 1. The first-order chi connectivity index (χ1) is 10.4. The van der Waals surface area contributed by atoms with Crippen molar-refractivity contribution in [3.8, 4) is 0 Å². The molecule has 6 nitrogen and oxygen atoms in total. The maximum atomic E-state index is 12.4. The van der Waals surface area contributed by atoms with Crippen LogP contribution in [0.4, 0.5) is 8.78 Å². The molecule has 0 saturated heterocycles. The van der Waals surface area contributed by atoms with E-state index in [2.05, 4.69) is 10.6 Å². The van der Waals surface area contributed by atoms with E-state index >= 15 is 0 Å². The van der Waals surface area contributed by atoms with E-state index in [9.17, 15) is 23.2 Å². The van der Waals surface area contributed by atoms with Crippen molar-refractivity contribution in [2.24, 2.45) is 0 Å². The second-order valence-electron chi connectivity index (χ2n) is 3.90. The van der Waals surface area contributed by atoms with Gasteiger partial charge in [-0.05, 0) is 12.1 Å². The molecule has 0 aliphatic heterocycles. The van der Waals surface area contributed by atoms with E-state index in [1.807, 2.05) is 0 Å². The van der Waals surface area contributed by atoms with Crippen LogP contribution in [0.2, 0.25) is 0 Å². The Morgan fingerprint density at radius 1 is 1.23 bits per heavy atom. The molecule has 0 heterocycles. The SMILES string of the molecule is CNC(=O)CNC(=O)COC(=O)c1ccccc1SC(F)F. The number of esters is 1. The average molecular weight is 332 g/mol. The van der Waals surface area contributed by atoms with Crippen molar-refractivity contribution < 1.29 is 27.9 Å². The maximum absolute atomic E-state index is 12.4. The molecule has 0 aliphatic carbocycles. The molecular weight excluding hydrogens is 318 g/mol. The zero-order valence-electron chi connectivity index (χ0n) is 11.6. The molecular formula is C13H14F2N2O4S. The van der Waals surface area contributed by atoms with Gasteiger partial charge in [0.1, 0.15) is 0 Å². The van der Waals surface area contributed by atoms with Crippen molar-refractivity contribution in [1.82, 2.24) is 10.6 Å². The lowest BCUT2D eigenvalue weighted by Gasteiger charge is -2.09. The molecule has 1 aromatic carbocycles. The van der Waals surface area contributed by atoms with Gasteiger partial charge in [-0.1, -0.05) is 23.9 Å². The summed E-state index contributed by atoms with van der Waals surface area (Å²) >= 11 is 0.217. The van der Waals surface area contributed by atoms with Crippen molar-refractivity contribution in [2.75, 3.05) is 20.2 Å². The highest BCUT2D eigenvalue weighted by Crippen LogP contribution is 2.28. The van der Waals surface area contributed by atoms with E-state index in [0.29, 0.717) is 0 Å². The normalized spacial score (nSPS) is 10.2. The lowest BCUT2D eigenvalue weighted by molar-refractivity contribution is -0.127. The van der Waals surface area contributed by atoms with Gasteiger partial charge in [0, 0.05) is 11.9 Å². The van der Waals surface area contributed by atoms with Crippen molar-refractivity contribution in [2.45, 2.75) is 10.7 Å². The Bertz CT molecular complexity index is 555. The van der Waals surface area contributed by atoms with Gasteiger partial charge in [-0.15, -0.1) is 0 Å². The van der Waals surface area contributed by atoms with Crippen LogP contribution in [-0.2, 0) is 14.3 Å². The summed E-state index contributed by atoms with van der Waals surface area (Å²) in [7, 11) is 1.41. The van der Waals surface area contributed by atoms with Crippen molar-refractivity contribution in [3.63, 3.8) is 0 Å². The Balaban J connectivity index is 2.55. The van der Waals surface area contributed by atoms with Crippen LogP contribution in [0.25, 0.3) is 0 Å². The summed E-state index contributed by atoms with van der Waals surface area (Å²) in [6, 6.07) is 5.70. The number of carbonyl (C=O) groups excluding carboxylic acids is 3. The van der Waals surface area contributed by atoms with Crippen molar-refractivity contribution in [3.05, 3.63) is 29.8 Å². The minimum absolute atomic E-state index is 0.0492. The molecule has 0 unspecified atom stereocenters. The minimum Gasteiger partial charge on any atom is -0.452 e. The van der Waals surface area contributed by atoms with Gasteiger partial charge >= 0.3 is 5.97 Å². The van der Waals surface area contributed by atoms with Gasteiger partial charge in [-0.25, -0.2) is 4.79 Å². The van der Waals surface area contributed by atoms with Crippen LogP contribution in [0.5, 0.6) is 0 Å². The van der Waals surface area contributed by atoms with Crippen LogP contribution in [-0.4, -0.2) is 43.7 Å². The van der Waals surface area contributed by atoms with Crippen LogP contribution in [0, 0.1) is 0 Å². The fraction of sp³-hybridized carbons (Fsp3) is 0.308. The third-order valence-corrected chi connectivity index (χ3v) is 3.17. The van der Waals surface area contributed by atoms with E-state index in [1.165, 1.54) is 31.3 Å². The Morgan fingerprint density at radius 2 is 1.91 bits per heavy atom. The number of carbonyl (C=O) groups is 3. The van der Waals surface area contributed by atoms with Crippen LogP contribution >= 0.6 is 11.8 Å². The molecule has 9 heteroatoms. The fourth-order valence-corrected chi connectivity index (χ4v) is 1.99. The van der Waals surface area contributed by atoms with E-state index in [0.717, 1.165) is 0 Å². The molecule has 0 atom stereocenters.